The molecule has 0 heterocycles. The third kappa shape index (κ3) is 22.5. The summed E-state index contributed by atoms with van der Waals surface area (Å²) in [4.78, 5) is 0. The quantitative estimate of drug-likeness (QED) is 0.162. The molecule has 170 valence electrons. The molecule has 0 bridgehead atoms. The molecule has 0 radical (unpaired) electrons. The average Bonchev–Trinajstić information content (AvgIpc) is 2.63. The van der Waals surface area contributed by atoms with Crippen LogP contribution in [0.4, 0.5) is 0 Å². The molecule has 0 amide bonds. The van der Waals surface area contributed by atoms with Crippen LogP contribution in [-0.2, 0) is 10.1 Å². The summed E-state index contributed by atoms with van der Waals surface area (Å²) in [6.45, 7) is 4.30. The van der Waals surface area contributed by atoms with Crippen LogP contribution in [0, 0.1) is 0 Å². The van der Waals surface area contributed by atoms with E-state index in [0.717, 1.165) is 57.8 Å². The molecule has 6 heteroatoms. The van der Waals surface area contributed by atoms with Gasteiger partial charge in [-0.05, 0) is 25.7 Å². The van der Waals surface area contributed by atoms with Crippen molar-refractivity contribution < 1.29 is 69.5 Å². The zero-order valence-electron chi connectivity index (χ0n) is 19.7. The smallest absolute Gasteiger partial charge is 0.748 e. The van der Waals surface area contributed by atoms with Crippen molar-refractivity contribution >= 4 is 10.1 Å². The summed E-state index contributed by atoms with van der Waals surface area (Å²) in [7, 11) is -4.19. The predicted octanol–water partition coefficient (Wildman–Crippen LogP) is 3.72. The molecule has 0 aromatic heterocycles. The maximum Gasteiger partial charge on any atom is 1.00 e. The van der Waals surface area contributed by atoms with Crippen molar-refractivity contribution in [2.45, 2.75) is 147 Å². The number of unbranched alkanes of at least 4 members (excludes halogenated alkanes) is 12. The molecule has 0 spiro atoms. The Labute approximate surface area is 224 Å². The zero-order chi connectivity index (χ0) is 21.1. The SMILES string of the molecule is CCCCCCCCCCCCCC(CCCCCC(O)CCC)S(=O)(=O)[O-].[K+]. The summed E-state index contributed by atoms with van der Waals surface area (Å²) < 4.78 is 34.5. The van der Waals surface area contributed by atoms with E-state index in [4.69, 9.17) is 0 Å². The Morgan fingerprint density at radius 2 is 1.00 bits per heavy atom. The Bertz CT molecular complexity index is 429. The van der Waals surface area contributed by atoms with E-state index in [9.17, 15) is 18.1 Å². The Morgan fingerprint density at radius 3 is 1.41 bits per heavy atom. The molecule has 4 nitrogen and oxygen atoms in total. The maximum atomic E-state index is 11.5. The number of aliphatic hydroxyl groups excluding tert-OH is 1. The Balaban J connectivity index is 0. The number of hydrogen-bond donors (Lipinski definition) is 1. The van der Waals surface area contributed by atoms with Gasteiger partial charge in [0.2, 0.25) is 0 Å². The summed E-state index contributed by atoms with van der Waals surface area (Å²) in [6.07, 6.45) is 19.5. The van der Waals surface area contributed by atoms with Gasteiger partial charge >= 0.3 is 51.4 Å². The van der Waals surface area contributed by atoms with Crippen LogP contribution < -0.4 is 51.4 Å². The molecule has 29 heavy (non-hydrogen) atoms. The van der Waals surface area contributed by atoms with Gasteiger partial charge in [-0.15, -0.1) is 0 Å². The topological polar surface area (TPSA) is 77.4 Å². The van der Waals surface area contributed by atoms with Crippen molar-refractivity contribution in [2.24, 2.45) is 0 Å². The largest absolute Gasteiger partial charge is 1.00 e. The molecular formula is C23H47KO4S. The zero-order valence-corrected chi connectivity index (χ0v) is 23.6. The van der Waals surface area contributed by atoms with Crippen LogP contribution in [0.2, 0.25) is 0 Å². The van der Waals surface area contributed by atoms with E-state index in [2.05, 4.69) is 13.8 Å². The fourth-order valence-electron chi connectivity index (χ4n) is 3.88. The van der Waals surface area contributed by atoms with Gasteiger partial charge in [0, 0.05) is 5.25 Å². The summed E-state index contributed by atoms with van der Waals surface area (Å²) in [6, 6.07) is 0. The van der Waals surface area contributed by atoms with Crippen molar-refractivity contribution in [2.75, 3.05) is 0 Å². The molecular weight excluding hydrogens is 411 g/mol. The molecule has 0 aliphatic carbocycles. The third-order valence-electron chi connectivity index (χ3n) is 5.72. The first kappa shape index (κ1) is 32.7. The van der Waals surface area contributed by atoms with Gasteiger partial charge in [0.15, 0.2) is 0 Å². The summed E-state index contributed by atoms with van der Waals surface area (Å²) >= 11 is 0. The van der Waals surface area contributed by atoms with Crippen LogP contribution >= 0.6 is 0 Å². The fourth-order valence-corrected chi connectivity index (χ4v) is 4.79. The molecule has 2 unspecified atom stereocenters. The second-order valence-electron chi connectivity index (χ2n) is 8.52. The molecule has 0 aliphatic rings. The van der Waals surface area contributed by atoms with Crippen molar-refractivity contribution in [3.05, 3.63) is 0 Å². The van der Waals surface area contributed by atoms with Gasteiger partial charge in [-0.1, -0.05) is 110 Å². The van der Waals surface area contributed by atoms with Crippen molar-refractivity contribution in [3.8, 4) is 0 Å². The molecule has 0 aliphatic heterocycles. The van der Waals surface area contributed by atoms with E-state index in [1.807, 2.05) is 0 Å². The first-order valence-electron chi connectivity index (χ1n) is 12.0. The Kier molecular flexibility index (Phi) is 25.6. The fraction of sp³-hybridized carbons (Fsp3) is 1.00. The summed E-state index contributed by atoms with van der Waals surface area (Å²) in [5.41, 5.74) is 0. The summed E-state index contributed by atoms with van der Waals surface area (Å²) in [5.74, 6) is 0. The van der Waals surface area contributed by atoms with E-state index in [1.165, 1.54) is 51.4 Å². The molecule has 0 rings (SSSR count). The van der Waals surface area contributed by atoms with Crippen LogP contribution in [0.1, 0.15) is 136 Å². The van der Waals surface area contributed by atoms with Crippen LogP contribution in [0.3, 0.4) is 0 Å². The number of rotatable bonds is 21. The minimum atomic E-state index is -4.19. The second-order valence-corrected chi connectivity index (χ2v) is 10.2. The van der Waals surface area contributed by atoms with Gasteiger partial charge in [0.05, 0.1) is 16.2 Å². The normalized spacial score (nSPS) is 13.8. The van der Waals surface area contributed by atoms with Gasteiger partial charge in [-0.25, -0.2) is 8.42 Å². The van der Waals surface area contributed by atoms with Crippen LogP contribution in [0.25, 0.3) is 0 Å². The molecule has 0 saturated heterocycles. The van der Waals surface area contributed by atoms with E-state index < -0.39 is 15.4 Å². The first-order valence-corrected chi connectivity index (χ1v) is 13.5. The second kappa shape index (κ2) is 22.7. The van der Waals surface area contributed by atoms with Crippen LogP contribution in [0.15, 0.2) is 0 Å². The first-order chi connectivity index (χ1) is 13.4. The predicted molar refractivity (Wildman–Crippen MR) is 119 cm³/mol. The van der Waals surface area contributed by atoms with Crippen molar-refractivity contribution in [1.82, 2.24) is 0 Å². The minimum absolute atomic E-state index is 0. The van der Waals surface area contributed by atoms with E-state index >= 15 is 0 Å². The molecule has 2 atom stereocenters. The molecule has 0 saturated carbocycles. The van der Waals surface area contributed by atoms with Crippen molar-refractivity contribution in [3.63, 3.8) is 0 Å². The van der Waals surface area contributed by atoms with Crippen LogP contribution in [0.5, 0.6) is 0 Å². The molecule has 0 fully saturated rings. The summed E-state index contributed by atoms with van der Waals surface area (Å²) in [5, 5.41) is 8.99. The van der Waals surface area contributed by atoms with Gasteiger partial charge in [0.25, 0.3) is 0 Å². The third-order valence-corrected chi connectivity index (χ3v) is 7.01. The van der Waals surface area contributed by atoms with Gasteiger partial charge < -0.3 is 9.66 Å². The Hall–Kier alpha value is 1.51. The molecule has 1 N–H and O–H groups in total. The monoisotopic (exact) mass is 458 g/mol. The number of hydrogen-bond acceptors (Lipinski definition) is 4. The number of aliphatic hydroxyl groups is 1. The minimum Gasteiger partial charge on any atom is -0.748 e. The standard InChI is InChI=1S/C23H48O4S.K/c1-3-5-6-7-8-9-10-11-12-13-16-20-23(28(25,26)27)21-17-14-15-19-22(24)18-4-2;/h22-24H,3-21H2,1-2H3,(H,25,26,27);/q;+1/p-1. The van der Waals surface area contributed by atoms with Crippen LogP contribution in [-0.4, -0.2) is 29.4 Å². The van der Waals surface area contributed by atoms with Gasteiger partial charge in [-0.3, -0.25) is 0 Å². The average molecular weight is 459 g/mol. The van der Waals surface area contributed by atoms with E-state index in [0.29, 0.717) is 12.8 Å². The van der Waals surface area contributed by atoms with E-state index in [1.54, 1.807) is 0 Å². The molecule has 0 aromatic rings. The van der Waals surface area contributed by atoms with Gasteiger partial charge in [0.1, 0.15) is 0 Å². The molecule has 0 aromatic carbocycles. The Morgan fingerprint density at radius 1 is 0.621 bits per heavy atom. The maximum absolute atomic E-state index is 11.5. The van der Waals surface area contributed by atoms with Crippen molar-refractivity contribution in [1.29, 1.82) is 0 Å². The van der Waals surface area contributed by atoms with E-state index in [-0.39, 0.29) is 57.5 Å². The van der Waals surface area contributed by atoms with Gasteiger partial charge in [-0.2, -0.15) is 0 Å².